The zero-order chi connectivity index (χ0) is 14.4. The van der Waals surface area contributed by atoms with Crippen molar-refractivity contribution in [1.29, 1.82) is 0 Å². The Labute approximate surface area is 112 Å². The largest absolute Gasteiger partial charge is 0.389 e. The average Bonchev–Trinajstić information content (AvgIpc) is 2.37. The quantitative estimate of drug-likeness (QED) is 0.466. The van der Waals surface area contributed by atoms with E-state index in [2.05, 4.69) is 13.2 Å². The van der Waals surface area contributed by atoms with Gasteiger partial charge in [-0.2, -0.15) is 0 Å². The first-order valence-corrected chi connectivity index (χ1v) is 5.94. The fraction of sp³-hybridized carbons (Fsp3) is 0.286. The lowest BCUT2D eigenvalue weighted by Crippen LogP contribution is -2.24. The number of benzene rings is 1. The molecule has 0 radical (unpaired) electrons. The summed E-state index contributed by atoms with van der Waals surface area (Å²) in [6.45, 7) is 9.83. The first-order valence-electron chi connectivity index (χ1n) is 5.94. The van der Waals surface area contributed by atoms with E-state index in [0.717, 1.165) is 0 Å². The minimum atomic E-state index is -0.736. The van der Waals surface area contributed by atoms with Crippen molar-refractivity contribution in [3.8, 4) is 0 Å². The van der Waals surface area contributed by atoms with Crippen molar-refractivity contribution in [2.24, 2.45) is 0 Å². The van der Waals surface area contributed by atoms with E-state index in [1.165, 1.54) is 6.07 Å². The SMILES string of the molecule is C=CCN(CC=C)c1ccc([C@H](C)O)cc1[N+](=O)[O-]. The third-order valence-corrected chi connectivity index (χ3v) is 2.72. The standard InChI is InChI=1S/C14H18N2O3/c1-4-8-15(9-5-2)13-7-6-12(11(3)17)10-14(13)16(18)19/h4-7,10-11,17H,1-2,8-9H2,3H3/t11-/m0/s1. The normalized spacial score (nSPS) is 11.7. The average molecular weight is 262 g/mol. The van der Waals surface area contributed by atoms with E-state index in [-0.39, 0.29) is 5.69 Å². The molecule has 0 aliphatic rings. The molecule has 0 aromatic heterocycles. The summed E-state index contributed by atoms with van der Waals surface area (Å²) in [7, 11) is 0. The molecule has 0 spiro atoms. The number of aliphatic hydroxyl groups is 1. The van der Waals surface area contributed by atoms with Gasteiger partial charge < -0.3 is 10.0 Å². The zero-order valence-corrected chi connectivity index (χ0v) is 11.0. The lowest BCUT2D eigenvalue weighted by molar-refractivity contribution is -0.384. The van der Waals surface area contributed by atoms with Crippen molar-refractivity contribution in [3.05, 3.63) is 59.2 Å². The summed E-state index contributed by atoms with van der Waals surface area (Å²) in [5.41, 5.74) is 0.990. The first-order chi connectivity index (χ1) is 9.01. The molecule has 0 fully saturated rings. The van der Waals surface area contributed by atoms with Crippen LogP contribution >= 0.6 is 0 Å². The maximum absolute atomic E-state index is 11.2. The molecule has 1 rings (SSSR count). The molecule has 1 aromatic carbocycles. The summed E-state index contributed by atoms with van der Waals surface area (Å²) in [6.07, 6.45) is 2.62. The summed E-state index contributed by atoms with van der Waals surface area (Å²) >= 11 is 0. The van der Waals surface area contributed by atoms with E-state index in [0.29, 0.717) is 24.3 Å². The Morgan fingerprint density at radius 2 is 2.00 bits per heavy atom. The molecule has 1 aromatic rings. The molecular weight excluding hydrogens is 244 g/mol. The molecule has 0 bridgehead atoms. The first kappa shape index (κ1) is 14.9. The van der Waals surface area contributed by atoms with Crippen molar-refractivity contribution < 1.29 is 10.0 Å². The van der Waals surface area contributed by atoms with Crippen molar-refractivity contribution >= 4 is 11.4 Å². The van der Waals surface area contributed by atoms with Gasteiger partial charge in [0.05, 0.1) is 11.0 Å². The fourth-order valence-electron chi connectivity index (χ4n) is 1.80. The van der Waals surface area contributed by atoms with Crippen LogP contribution < -0.4 is 4.90 Å². The second-order valence-corrected chi connectivity index (χ2v) is 4.16. The number of nitro groups is 1. The van der Waals surface area contributed by atoms with Crippen LogP contribution in [-0.4, -0.2) is 23.1 Å². The number of aliphatic hydroxyl groups excluding tert-OH is 1. The molecule has 0 saturated carbocycles. The molecule has 1 N–H and O–H groups in total. The Morgan fingerprint density at radius 3 is 2.42 bits per heavy atom. The summed E-state index contributed by atoms with van der Waals surface area (Å²) in [6, 6.07) is 4.73. The van der Waals surface area contributed by atoms with Gasteiger partial charge in [-0.1, -0.05) is 18.2 Å². The number of hydrogen-bond acceptors (Lipinski definition) is 4. The highest BCUT2D eigenvalue weighted by atomic mass is 16.6. The van der Waals surface area contributed by atoms with Gasteiger partial charge in [0, 0.05) is 19.2 Å². The summed E-state index contributed by atoms with van der Waals surface area (Å²) in [4.78, 5) is 12.5. The van der Waals surface area contributed by atoms with E-state index in [4.69, 9.17) is 0 Å². The van der Waals surface area contributed by atoms with E-state index >= 15 is 0 Å². The minimum Gasteiger partial charge on any atom is -0.389 e. The maximum atomic E-state index is 11.2. The lowest BCUT2D eigenvalue weighted by Gasteiger charge is -2.21. The van der Waals surface area contributed by atoms with Gasteiger partial charge in [-0.15, -0.1) is 13.2 Å². The Kier molecular flexibility index (Phi) is 5.26. The van der Waals surface area contributed by atoms with Crippen molar-refractivity contribution in [3.63, 3.8) is 0 Å². The van der Waals surface area contributed by atoms with Crippen LogP contribution in [0, 0.1) is 10.1 Å². The highest BCUT2D eigenvalue weighted by Gasteiger charge is 2.19. The van der Waals surface area contributed by atoms with Crippen LogP contribution in [-0.2, 0) is 0 Å². The van der Waals surface area contributed by atoms with Crippen LogP contribution in [0.5, 0.6) is 0 Å². The Bertz CT molecular complexity index is 474. The topological polar surface area (TPSA) is 66.6 Å². The molecule has 19 heavy (non-hydrogen) atoms. The second-order valence-electron chi connectivity index (χ2n) is 4.16. The van der Waals surface area contributed by atoms with Gasteiger partial charge in [-0.25, -0.2) is 0 Å². The fourth-order valence-corrected chi connectivity index (χ4v) is 1.80. The molecule has 5 nitrogen and oxygen atoms in total. The van der Waals surface area contributed by atoms with Crippen LogP contribution in [0.4, 0.5) is 11.4 Å². The molecule has 0 aliphatic heterocycles. The zero-order valence-electron chi connectivity index (χ0n) is 11.0. The van der Waals surface area contributed by atoms with Crippen LogP contribution in [0.3, 0.4) is 0 Å². The van der Waals surface area contributed by atoms with Gasteiger partial charge in [0.25, 0.3) is 5.69 Å². The van der Waals surface area contributed by atoms with Gasteiger partial charge in [-0.05, 0) is 18.6 Å². The smallest absolute Gasteiger partial charge is 0.292 e. The molecule has 0 saturated heterocycles. The molecule has 102 valence electrons. The maximum Gasteiger partial charge on any atom is 0.292 e. The highest BCUT2D eigenvalue weighted by Crippen LogP contribution is 2.31. The predicted molar refractivity (Wildman–Crippen MR) is 76.3 cm³/mol. The van der Waals surface area contributed by atoms with Crippen LogP contribution in [0.2, 0.25) is 0 Å². The van der Waals surface area contributed by atoms with Crippen molar-refractivity contribution in [2.75, 3.05) is 18.0 Å². The van der Waals surface area contributed by atoms with Crippen LogP contribution in [0.15, 0.2) is 43.5 Å². The second kappa shape index (κ2) is 6.70. The van der Waals surface area contributed by atoms with Crippen molar-refractivity contribution in [2.45, 2.75) is 13.0 Å². The van der Waals surface area contributed by atoms with Crippen molar-refractivity contribution in [1.82, 2.24) is 0 Å². The summed E-state index contributed by atoms with van der Waals surface area (Å²) < 4.78 is 0. The van der Waals surface area contributed by atoms with E-state index in [1.54, 1.807) is 36.1 Å². The highest BCUT2D eigenvalue weighted by molar-refractivity contribution is 5.65. The molecule has 0 amide bonds. The van der Waals surface area contributed by atoms with E-state index in [9.17, 15) is 15.2 Å². The number of nitrogens with zero attached hydrogens (tertiary/aromatic N) is 2. The number of nitro benzene ring substituents is 1. The van der Waals surface area contributed by atoms with Gasteiger partial charge in [0.1, 0.15) is 5.69 Å². The Hall–Kier alpha value is -2.14. The molecule has 5 heteroatoms. The molecular formula is C14H18N2O3. The van der Waals surface area contributed by atoms with Gasteiger partial charge >= 0.3 is 0 Å². The summed E-state index contributed by atoms with van der Waals surface area (Å²) in [5.74, 6) is 0. The van der Waals surface area contributed by atoms with Crippen LogP contribution in [0.25, 0.3) is 0 Å². The van der Waals surface area contributed by atoms with Gasteiger partial charge in [0.2, 0.25) is 0 Å². The summed E-state index contributed by atoms with van der Waals surface area (Å²) in [5, 5.41) is 20.7. The lowest BCUT2D eigenvalue weighted by atomic mass is 10.1. The van der Waals surface area contributed by atoms with E-state index < -0.39 is 11.0 Å². The molecule has 0 heterocycles. The number of rotatable bonds is 7. The van der Waals surface area contributed by atoms with E-state index in [1.807, 2.05) is 0 Å². The molecule has 1 atom stereocenters. The van der Waals surface area contributed by atoms with Crippen LogP contribution in [0.1, 0.15) is 18.6 Å². The van der Waals surface area contributed by atoms with Gasteiger partial charge in [-0.3, -0.25) is 10.1 Å². The number of hydrogen-bond donors (Lipinski definition) is 1. The molecule has 0 aliphatic carbocycles. The monoisotopic (exact) mass is 262 g/mol. The third-order valence-electron chi connectivity index (χ3n) is 2.72. The molecule has 0 unspecified atom stereocenters. The predicted octanol–water partition coefficient (Wildman–Crippen LogP) is 2.83. The number of anilines is 1. The minimum absolute atomic E-state index is 0.0258. The van der Waals surface area contributed by atoms with Gasteiger partial charge in [0.15, 0.2) is 0 Å². The third kappa shape index (κ3) is 3.66. The Balaban J connectivity index is 3.27. The Morgan fingerprint density at radius 1 is 1.42 bits per heavy atom.